The molecule has 2 unspecified atom stereocenters. The average molecular weight is 432 g/mol. The van der Waals surface area contributed by atoms with Gasteiger partial charge in [0.25, 0.3) is 0 Å². The summed E-state index contributed by atoms with van der Waals surface area (Å²) in [6.45, 7) is 3.04. The lowest BCUT2D eigenvalue weighted by Crippen LogP contribution is -2.44. The fraction of sp³-hybridized carbons (Fsp3) is 0.545. The molecule has 3 N–H and O–H groups in total. The van der Waals surface area contributed by atoms with Crippen molar-refractivity contribution in [3.8, 4) is 0 Å². The molecular formula is C22H33N5O2S. The summed E-state index contributed by atoms with van der Waals surface area (Å²) >= 11 is 1.62. The SMILES string of the molecule is CN=C(NCCCN1CCCC1C(=O)N(C)C)NCC(O)c1cc2ccccc2s1. The molecule has 2 aromatic rings. The van der Waals surface area contributed by atoms with E-state index in [1.54, 1.807) is 23.3 Å². The van der Waals surface area contributed by atoms with Gasteiger partial charge < -0.3 is 20.6 Å². The molecule has 0 spiro atoms. The molecule has 1 fully saturated rings. The zero-order chi connectivity index (χ0) is 21.5. The minimum absolute atomic E-state index is 0.0221. The Morgan fingerprint density at radius 3 is 2.90 bits per heavy atom. The van der Waals surface area contributed by atoms with Crippen LogP contribution < -0.4 is 10.6 Å². The highest BCUT2D eigenvalue weighted by atomic mass is 32.1. The summed E-state index contributed by atoms with van der Waals surface area (Å²) < 4.78 is 1.18. The van der Waals surface area contributed by atoms with Gasteiger partial charge in [-0.2, -0.15) is 0 Å². The fourth-order valence-corrected chi connectivity index (χ4v) is 4.89. The van der Waals surface area contributed by atoms with Gasteiger partial charge in [0.15, 0.2) is 5.96 Å². The van der Waals surface area contributed by atoms with Crippen LogP contribution in [0.4, 0.5) is 0 Å². The lowest BCUT2D eigenvalue weighted by molar-refractivity contribution is -0.133. The number of carbonyl (C=O) groups excluding carboxylic acids is 1. The van der Waals surface area contributed by atoms with Crippen molar-refractivity contribution in [3.63, 3.8) is 0 Å². The minimum atomic E-state index is -0.580. The first-order valence-electron chi connectivity index (χ1n) is 10.6. The number of likely N-dealkylation sites (tertiary alicyclic amines) is 1. The topological polar surface area (TPSA) is 80.2 Å². The molecule has 1 aliphatic heterocycles. The van der Waals surface area contributed by atoms with Crippen LogP contribution in [0.25, 0.3) is 10.1 Å². The number of carbonyl (C=O) groups is 1. The van der Waals surface area contributed by atoms with Crippen LogP contribution in [0.15, 0.2) is 35.3 Å². The van der Waals surface area contributed by atoms with Gasteiger partial charge in [-0.05, 0) is 43.3 Å². The van der Waals surface area contributed by atoms with Crippen molar-refractivity contribution < 1.29 is 9.90 Å². The summed E-state index contributed by atoms with van der Waals surface area (Å²) in [5, 5.41) is 18.2. The summed E-state index contributed by atoms with van der Waals surface area (Å²) in [4.78, 5) is 21.4. The first-order chi connectivity index (χ1) is 14.5. The van der Waals surface area contributed by atoms with E-state index in [0.29, 0.717) is 12.5 Å². The monoisotopic (exact) mass is 431 g/mol. The first-order valence-corrected chi connectivity index (χ1v) is 11.4. The van der Waals surface area contributed by atoms with Crippen molar-refractivity contribution in [2.45, 2.75) is 31.4 Å². The molecule has 0 saturated carbocycles. The lowest BCUT2D eigenvalue weighted by Gasteiger charge is -2.26. The maximum atomic E-state index is 12.3. The molecule has 1 aromatic carbocycles. The van der Waals surface area contributed by atoms with Gasteiger partial charge >= 0.3 is 0 Å². The van der Waals surface area contributed by atoms with Crippen LogP contribution in [0, 0.1) is 0 Å². The van der Waals surface area contributed by atoms with Crippen LogP contribution in [-0.2, 0) is 4.79 Å². The molecular weight excluding hydrogens is 398 g/mol. The van der Waals surface area contributed by atoms with Gasteiger partial charge in [0.1, 0.15) is 6.10 Å². The van der Waals surface area contributed by atoms with Crippen LogP contribution in [0.2, 0.25) is 0 Å². The molecule has 3 rings (SSSR count). The molecule has 1 amide bonds. The molecule has 7 nitrogen and oxygen atoms in total. The number of hydrogen-bond donors (Lipinski definition) is 3. The van der Waals surface area contributed by atoms with Gasteiger partial charge in [0.2, 0.25) is 5.91 Å². The highest BCUT2D eigenvalue weighted by Gasteiger charge is 2.30. The van der Waals surface area contributed by atoms with Gasteiger partial charge in [-0.15, -0.1) is 11.3 Å². The number of nitrogens with zero attached hydrogens (tertiary/aromatic N) is 3. The molecule has 1 aliphatic rings. The molecule has 1 saturated heterocycles. The number of hydrogen-bond acceptors (Lipinski definition) is 5. The van der Waals surface area contributed by atoms with Gasteiger partial charge in [0.05, 0.1) is 6.04 Å². The largest absolute Gasteiger partial charge is 0.386 e. The normalized spacial score (nSPS) is 18.5. The number of benzene rings is 1. The van der Waals surface area contributed by atoms with Crippen molar-refractivity contribution in [3.05, 3.63) is 35.2 Å². The number of thiophene rings is 1. The van der Waals surface area contributed by atoms with E-state index >= 15 is 0 Å². The van der Waals surface area contributed by atoms with Crippen LogP contribution >= 0.6 is 11.3 Å². The third-order valence-corrected chi connectivity index (χ3v) is 6.68. The third kappa shape index (κ3) is 5.71. The molecule has 0 radical (unpaired) electrons. The number of likely N-dealkylation sites (N-methyl/N-ethyl adjacent to an activating group) is 1. The van der Waals surface area contributed by atoms with Gasteiger partial charge in [-0.3, -0.25) is 14.7 Å². The Hall–Kier alpha value is -2.16. The lowest BCUT2D eigenvalue weighted by atomic mass is 10.2. The molecule has 2 heterocycles. The van der Waals surface area contributed by atoms with Crippen LogP contribution in [0.3, 0.4) is 0 Å². The minimum Gasteiger partial charge on any atom is -0.386 e. The Balaban J connectivity index is 1.40. The van der Waals surface area contributed by atoms with E-state index in [0.717, 1.165) is 49.2 Å². The molecule has 8 heteroatoms. The molecule has 2 atom stereocenters. The summed E-state index contributed by atoms with van der Waals surface area (Å²) in [5.74, 6) is 0.880. The molecule has 164 valence electrons. The summed E-state index contributed by atoms with van der Waals surface area (Å²) in [7, 11) is 5.37. The van der Waals surface area contributed by atoms with Crippen molar-refractivity contribution in [1.29, 1.82) is 0 Å². The quantitative estimate of drug-likeness (QED) is 0.339. The number of rotatable bonds is 8. The van der Waals surface area contributed by atoms with E-state index in [1.165, 1.54) is 4.70 Å². The number of nitrogens with one attached hydrogen (secondary N) is 2. The summed E-state index contributed by atoms with van der Waals surface area (Å²) in [6.07, 6.45) is 2.37. The highest BCUT2D eigenvalue weighted by Crippen LogP contribution is 2.29. The smallest absolute Gasteiger partial charge is 0.239 e. The predicted molar refractivity (Wildman–Crippen MR) is 124 cm³/mol. The second-order valence-corrected chi connectivity index (χ2v) is 8.98. The molecule has 30 heavy (non-hydrogen) atoms. The maximum absolute atomic E-state index is 12.3. The third-order valence-electron chi connectivity index (χ3n) is 5.46. The summed E-state index contributed by atoms with van der Waals surface area (Å²) in [5.41, 5.74) is 0. The maximum Gasteiger partial charge on any atom is 0.239 e. The van der Waals surface area contributed by atoms with E-state index < -0.39 is 6.10 Å². The second-order valence-electron chi connectivity index (χ2n) is 7.86. The van der Waals surface area contributed by atoms with E-state index in [9.17, 15) is 9.90 Å². The first kappa shape index (κ1) is 22.5. The van der Waals surface area contributed by atoms with Gasteiger partial charge in [-0.25, -0.2) is 0 Å². The predicted octanol–water partition coefficient (Wildman–Crippen LogP) is 2.04. The van der Waals surface area contributed by atoms with E-state index in [1.807, 2.05) is 32.3 Å². The van der Waals surface area contributed by atoms with E-state index in [2.05, 4.69) is 32.7 Å². The molecule has 0 bridgehead atoms. The number of guanidine groups is 1. The Kier molecular flexibility index (Phi) is 8.07. The van der Waals surface area contributed by atoms with Crippen molar-refractivity contribution in [2.24, 2.45) is 4.99 Å². The van der Waals surface area contributed by atoms with Crippen molar-refractivity contribution in [2.75, 3.05) is 47.3 Å². The number of amides is 1. The van der Waals surface area contributed by atoms with E-state index in [4.69, 9.17) is 0 Å². The second kappa shape index (κ2) is 10.7. The van der Waals surface area contributed by atoms with Crippen molar-refractivity contribution >= 4 is 33.3 Å². The Labute approximate surface area is 182 Å². The summed E-state index contributed by atoms with van der Waals surface area (Å²) in [6, 6.07) is 10.2. The Bertz CT molecular complexity index is 833. The van der Waals surface area contributed by atoms with Gasteiger partial charge in [-0.1, -0.05) is 18.2 Å². The zero-order valence-electron chi connectivity index (χ0n) is 18.1. The Morgan fingerprint density at radius 2 is 2.17 bits per heavy atom. The molecule has 1 aromatic heterocycles. The average Bonchev–Trinajstić information content (AvgIpc) is 3.39. The number of aliphatic hydroxyl groups excluding tert-OH is 1. The van der Waals surface area contributed by atoms with E-state index in [-0.39, 0.29) is 11.9 Å². The number of aliphatic imine (C=N–C) groups is 1. The molecule has 0 aliphatic carbocycles. The number of aliphatic hydroxyl groups is 1. The fourth-order valence-electron chi connectivity index (χ4n) is 3.84. The standard InChI is InChI=1S/C22H33N5O2S/c1-23-22(24-11-7-13-27-12-6-9-17(27)21(29)26(2)3)25-15-18(28)20-14-16-8-4-5-10-19(16)30-20/h4-5,8,10,14,17-18,28H,6-7,9,11-13,15H2,1-3H3,(H2,23,24,25). The highest BCUT2D eigenvalue weighted by molar-refractivity contribution is 7.19. The zero-order valence-corrected chi connectivity index (χ0v) is 18.9. The van der Waals surface area contributed by atoms with Crippen LogP contribution in [0.1, 0.15) is 30.2 Å². The number of fused-ring (bicyclic) bond motifs is 1. The Morgan fingerprint density at radius 1 is 1.37 bits per heavy atom. The van der Waals surface area contributed by atoms with Gasteiger partial charge in [0, 0.05) is 50.4 Å². The van der Waals surface area contributed by atoms with Crippen molar-refractivity contribution in [1.82, 2.24) is 20.4 Å². The van der Waals surface area contributed by atoms with Crippen LogP contribution in [-0.4, -0.2) is 80.1 Å². The van der Waals surface area contributed by atoms with Crippen LogP contribution in [0.5, 0.6) is 0 Å².